The van der Waals surface area contributed by atoms with Crippen molar-refractivity contribution in [1.29, 1.82) is 0 Å². The van der Waals surface area contributed by atoms with Crippen molar-refractivity contribution >= 4 is 5.97 Å². The number of carboxylic acid groups (broad SMARTS) is 1. The van der Waals surface area contributed by atoms with Crippen molar-refractivity contribution in [3.63, 3.8) is 0 Å². The van der Waals surface area contributed by atoms with Crippen molar-refractivity contribution in [3.8, 4) is 0 Å². The van der Waals surface area contributed by atoms with Crippen LogP contribution in [0.1, 0.15) is 25.0 Å². The van der Waals surface area contributed by atoms with Gasteiger partial charge in [-0.25, -0.2) is 4.39 Å². The number of hydrogen-bond acceptors (Lipinski definition) is 2. The van der Waals surface area contributed by atoms with E-state index in [-0.39, 0.29) is 18.4 Å². The number of carbonyl (C=O) groups is 1. The minimum Gasteiger partial charge on any atom is -0.480 e. The van der Waals surface area contributed by atoms with E-state index in [0.717, 1.165) is 5.56 Å². The molecule has 0 aliphatic heterocycles. The van der Waals surface area contributed by atoms with E-state index < -0.39 is 5.97 Å². The van der Waals surface area contributed by atoms with Crippen LogP contribution in [0.15, 0.2) is 18.2 Å². The second-order valence-corrected chi connectivity index (χ2v) is 4.49. The summed E-state index contributed by atoms with van der Waals surface area (Å²) in [4.78, 5) is 12.4. The summed E-state index contributed by atoms with van der Waals surface area (Å²) in [5.41, 5.74) is 1.51. The molecule has 1 aromatic carbocycles. The number of benzene rings is 1. The van der Waals surface area contributed by atoms with Gasteiger partial charge in [0.15, 0.2) is 0 Å². The third kappa shape index (κ3) is 4.15. The number of aliphatic carboxylic acids is 1. The number of halogens is 1. The number of aryl methyl sites for hydroxylation is 1. The summed E-state index contributed by atoms with van der Waals surface area (Å²) in [7, 11) is 0. The topological polar surface area (TPSA) is 40.5 Å². The molecule has 0 saturated heterocycles. The van der Waals surface area contributed by atoms with E-state index in [4.69, 9.17) is 5.11 Å². The molecule has 1 aromatic rings. The highest BCUT2D eigenvalue weighted by Gasteiger charge is 2.15. The molecule has 0 bridgehead atoms. The fourth-order valence-corrected chi connectivity index (χ4v) is 1.64. The molecule has 0 spiro atoms. The number of nitrogens with zero attached hydrogens (tertiary/aromatic N) is 1. The predicted molar refractivity (Wildman–Crippen MR) is 64.3 cm³/mol. The van der Waals surface area contributed by atoms with E-state index in [1.807, 2.05) is 20.8 Å². The smallest absolute Gasteiger partial charge is 0.317 e. The Morgan fingerprint density at radius 1 is 1.47 bits per heavy atom. The molecule has 0 radical (unpaired) electrons. The molecular weight excluding hydrogens is 221 g/mol. The van der Waals surface area contributed by atoms with Crippen molar-refractivity contribution < 1.29 is 14.3 Å². The number of hydrogen-bond donors (Lipinski definition) is 1. The summed E-state index contributed by atoms with van der Waals surface area (Å²) < 4.78 is 13.6. The van der Waals surface area contributed by atoms with E-state index in [1.54, 1.807) is 17.0 Å². The Morgan fingerprint density at radius 2 is 2.12 bits per heavy atom. The van der Waals surface area contributed by atoms with Crippen molar-refractivity contribution in [3.05, 3.63) is 35.1 Å². The molecule has 0 aliphatic carbocycles. The Balaban J connectivity index is 2.85. The zero-order valence-electron chi connectivity index (χ0n) is 10.4. The normalized spacial score (nSPS) is 11.2. The predicted octanol–water partition coefficient (Wildman–Crippen LogP) is 2.43. The van der Waals surface area contributed by atoms with Crippen LogP contribution in [0, 0.1) is 12.7 Å². The molecule has 94 valence electrons. The Hall–Kier alpha value is -1.42. The Morgan fingerprint density at radius 3 is 2.65 bits per heavy atom. The van der Waals surface area contributed by atoms with E-state index >= 15 is 0 Å². The van der Waals surface area contributed by atoms with Crippen molar-refractivity contribution in [1.82, 2.24) is 4.90 Å². The van der Waals surface area contributed by atoms with Crippen LogP contribution in [0.3, 0.4) is 0 Å². The molecule has 0 aromatic heterocycles. The van der Waals surface area contributed by atoms with Crippen LogP contribution in [0.5, 0.6) is 0 Å². The first kappa shape index (κ1) is 13.6. The lowest BCUT2D eigenvalue weighted by atomic mass is 10.1. The molecule has 0 aliphatic rings. The highest BCUT2D eigenvalue weighted by molar-refractivity contribution is 5.69. The van der Waals surface area contributed by atoms with Crippen molar-refractivity contribution in [2.24, 2.45) is 0 Å². The maximum Gasteiger partial charge on any atom is 0.317 e. The molecular formula is C13H18FNO2. The third-order valence-corrected chi connectivity index (χ3v) is 2.64. The van der Waals surface area contributed by atoms with Gasteiger partial charge in [0.1, 0.15) is 5.82 Å². The molecule has 1 N–H and O–H groups in total. The minimum atomic E-state index is -0.897. The van der Waals surface area contributed by atoms with Gasteiger partial charge in [-0.05, 0) is 26.8 Å². The van der Waals surface area contributed by atoms with Gasteiger partial charge in [-0.15, -0.1) is 0 Å². The highest BCUT2D eigenvalue weighted by Crippen LogP contribution is 2.14. The van der Waals surface area contributed by atoms with Gasteiger partial charge < -0.3 is 5.11 Å². The van der Waals surface area contributed by atoms with Gasteiger partial charge in [0.2, 0.25) is 0 Å². The number of carboxylic acids is 1. The van der Waals surface area contributed by atoms with Crippen LogP contribution in [0.4, 0.5) is 4.39 Å². The second-order valence-electron chi connectivity index (χ2n) is 4.49. The Labute approximate surface area is 101 Å². The zero-order chi connectivity index (χ0) is 13.0. The molecule has 0 atom stereocenters. The largest absolute Gasteiger partial charge is 0.480 e. The Kier molecular flexibility index (Phi) is 4.63. The lowest BCUT2D eigenvalue weighted by Crippen LogP contribution is -2.35. The monoisotopic (exact) mass is 239 g/mol. The van der Waals surface area contributed by atoms with Gasteiger partial charge in [0, 0.05) is 18.2 Å². The molecule has 0 amide bonds. The average molecular weight is 239 g/mol. The second kappa shape index (κ2) is 5.77. The quantitative estimate of drug-likeness (QED) is 0.858. The fraction of sp³-hybridized carbons (Fsp3) is 0.462. The van der Waals surface area contributed by atoms with Crippen LogP contribution in [-0.4, -0.2) is 28.6 Å². The van der Waals surface area contributed by atoms with Crippen LogP contribution in [0.2, 0.25) is 0 Å². The zero-order valence-corrected chi connectivity index (χ0v) is 10.4. The molecule has 0 saturated carbocycles. The molecule has 0 unspecified atom stereocenters. The van der Waals surface area contributed by atoms with Crippen LogP contribution in [-0.2, 0) is 11.3 Å². The van der Waals surface area contributed by atoms with Crippen molar-refractivity contribution in [2.75, 3.05) is 6.54 Å². The summed E-state index contributed by atoms with van der Waals surface area (Å²) in [5.74, 6) is -1.18. The first-order valence-electron chi connectivity index (χ1n) is 5.61. The molecule has 17 heavy (non-hydrogen) atoms. The van der Waals surface area contributed by atoms with Crippen LogP contribution < -0.4 is 0 Å². The highest BCUT2D eigenvalue weighted by atomic mass is 19.1. The van der Waals surface area contributed by atoms with E-state index in [1.165, 1.54) is 6.07 Å². The summed E-state index contributed by atoms with van der Waals surface area (Å²) in [6, 6.07) is 4.94. The lowest BCUT2D eigenvalue weighted by molar-refractivity contribution is -0.139. The van der Waals surface area contributed by atoms with Gasteiger partial charge in [-0.2, -0.15) is 0 Å². The summed E-state index contributed by atoms with van der Waals surface area (Å²) >= 11 is 0. The average Bonchev–Trinajstić information content (AvgIpc) is 2.21. The van der Waals surface area contributed by atoms with Crippen molar-refractivity contribution in [2.45, 2.75) is 33.4 Å². The van der Waals surface area contributed by atoms with Gasteiger partial charge in [-0.3, -0.25) is 9.69 Å². The maximum atomic E-state index is 13.6. The van der Waals surface area contributed by atoms with Crippen LogP contribution in [0.25, 0.3) is 0 Å². The molecule has 1 rings (SSSR count). The van der Waals surface area contributed by atoms with Gasteiger partial charge >= 0.3 is 5.97 Å². The molecule has 3 nitrogen and oxygen atoms in total. The molecule has 0 heterocycles. The fourth-order valence-electron chi connectivity index (χ4n) is 1.64. The van der Waals surface area contributed by atoms with Gasteiger partial charge in [-0.1, -0.05) is 17.7 Å². The maximum absolute atomic E-state index is 13.6. The van der Waals surface area contributed by atoms with E-state index in [9.17, 15) is 9.18 Å². The minimum absolute atomic E-state index is 0.0611. The number of rotatable bonds is 5. The first-order valence-corrected chi connectivity index (χ1v) is 5.61. The van der Waals surface area contributed by atoms with Crippen LogP contribution >= 0.6 is 0 Å². The SMILES string of the molecule is Cc1ccc(F)c(CN(CC(=O)O)C(C)C)c1. The van der Waals surface area contributed by atoms with E-state index in [0.29, 0.717) is 12.1 Å². The van der Waals surface area contributed by atoms with Gasteiger partial charge in [0.25, 0.3) is 0 Å². The molecule has 4 heteroatoms. The third-order valence-electron chi connectivity index (χ3n) is 2.64. The summed E-state index contributed by atoms with van der Waals surface area (Å²) in [5, 5.41) is 8.80. The summed E-state index contributed by atoms with van der Waals surface area (Å²) in [6.45, 7) is 5.93. The molecule has 0 fully saturated rings. The van der Waals surface area contributed by atoms with Gasteiger partial charge in [0.05, 0.1) is 6.54 Å². The first-order chi connectivity index (χ1) is 7.90. The van der Waals surface area contributed by atoms with E-state index in [2.05, 4.69) is 0 Å². The summed E-state index contributed by atoms with van der Waals surface area (Å²) in [6.07, 6.45) is 0. The standard InChI is InChI=1S/C13H18FNO2/c1-9(2)15(8-13(16)17)7-11-6-10(3)4-5-12(11)14/h4-6,9H,7-8H2,1-3H3,(H,16,17). The lowest BCUT2D eigenvalue weighted by Gasteiger charge is -2.24. The Bertz CT molecular complexity index is 404.